The van der Waals surface area contributed by atoms with Crippen molar-refractivity contribution in [1.29, 1.82) is 0 Å². The molecule has 0 spiro atoms. The highest BCUT2D eigenvalue weighted by Gasteiger charge is 2.13. The van der Waals surface area contributed by atoms with Crippen molar-refractivity contribution in [3.63, 3.8) is 0 Å². The van der Waals surface area contributed by atoms with Crippen LogP contribution in [-0.2, 0) is 13.5 Å². The van der Waals surface area contributed by atoms with Crippen LogP contribution in [0.2, 0.25) is 10.0 Å². The second kappa shape index (κ2) is 5.74. The molecular weight excluding hydrogens is 269 g/mol. The Hall–Kier alpha value is -1.03. The van der Waals surface area contributed by atoms with Crippen molar-refractivity contribution < 1.29 is 0 Å². The molecule has 0 saturated heterocycles. The number of nitrogens with zero attached hydrogens (tertiary/aromatic N) is 2. The lowest BCUT2D eigenvalue weighted by atomic mass is 10.0. The summed E-state index contributed by atoms with van der Waals surface area (Å²) in [5, 5.41) is 8.81. The summed E-state index contributed by atoms with van der Waals surface area (Å²) in [5.74, 6) is 0. The van der Waals surface area contributed by atoms with Crippen LogP contribution in [0.1, 0.15) is 17.3 Å². The molecule has 0 bridgehead atoms. The molecule has 5 heteroatoms. The van der Waals surface area contributed by atoms with Crippen molar-refractivity contribution in [1.82, 2.24) is 15.1 Å². The first-order valence-corrected chi connectivity index (χ1v) is 6.46. The number of halogens is 2. The Balaban J connectivity index is 2.19. The molecule has 0 aliphatic heterocycles. The van der Waals surface area contributed by atoms with E-state index < -0.39 is 0 Å². The van der Waals surface area contributed by atoms with Crippen LogP contribution < -0.4 is 5.32 Å². The molecule has 0 amide bonds. The number of aromatic nitrogens is 2. The lowest BCUT2D eigenvalue weighted by Crippen LogP contribution is -2.19. The van der Waals surface area contributed by atoms with Gasteiger partial charge in [0.15, 0.2) is 0 Å². The van der Waals surface area contributed by atoms with Gasteiger partial charge in [-0.25, -0.2) is 0 Å². The smallest absolute Gasteiger partial charge is 0.0643 e. The van der Waals surface area contributed by atoms with Crippen molar-refractivity contribution in [2.75, 3.05) is 7.05 Å². The Kier molecular flexibility index (Phi) is 4.27. The van der Waals surface area contributed by atoms with Crippen LogP contribution in [0.25, 0.3) is 0 Å². The minimum atomic E-state index is 0.176. The Labute approximate surface area is 117 Å². The first kappa shape index (κ1) is 13.4. The zero-order chi connectivity index (χ0) is 13.1. The zero-order valence-electron chi connectivity index (χ0n) is 10.3. The Morgan fingerprint density at radius 1 is 1.28 bits per heavy atom. The van der Waals surface area contributed by atoms with Gasteiger partial charge in [-0.1, -0.05) is 29.3 Å². The van der Waals surface area contributed by atoms with Crippen molar-refractivity contribution in [2.24, 2.45) is 7.05 Å². The molecule has 0 aliphatic rings. The van der Waals surface area contributed by atoms with E-state index in [2.05, 4.69) is 10.4 Å². The van der Waals surface area contributed by atoms with Gasteiger partial charge in [0, 0.05) is 25.7 Å². The third-order valence-corrected chi connectivity index (χ3v) is 3.62. The number of benzene rings is 1. The molecule has 0 saturated carbocycles. The summed E-state index contributed by atoms with van der Waals surface area (Å²) in [7, 11) is 3.84. The number of aryl methyl sites for hydroxylation is 1. The van der Waals surface area contributed by atoms with Gasteiger partial charge in [-0.05, 0) is 30.8 Å². The zero-order valence-corrected chi connectivity index (χ0v) is 11.8. The molecule has 1 unspecified atom stereocenters. The van der Waals surface area contributed by atoms with Gasteiger partial charge in [0.25, 0.3) is 0 Å². The monoisotopic (exact) mass is 283 g/mol. The van der Waals surface area contributed by atoms with Gasteiger partial charge < -0.3 is 5.32 Å². The Morgan fingerprint density at radius 2 is 2.06 bits per heavy atom. The van der Waals surface area contributed by atoms with Crippen LogP contribution in [-0.4, -0.2) is 16.8 Å². The highest BCUT2D eigenvalue weighted by molar-refractivity contribution is 6.42. The average Bonchev–Trinajstić information content (AvgIpc) is 2.75. The molecule has 0 fully saturated rings. The molecule has 0 aliphatic carbocycles. The summed E-state index contributed by atoms with van der Waals surface area (Å²) < 4.78 is 1.80. The van der Waals surface area contributed by atoms with Gasteiger partial charge in [-0.2, -0.15) is 5.10 Å². The van der Waals surface area contributed by atoms with Crippen molar-refractivity contribution in [3.8, 4) is 0 Å². The van der Waals surface area contributed by atoms with Crippen molar-refractivity contribution in [3.05, 3.63) is 51.8 Å². The maximum atomic E-state index is 6.04. The lowest BCUT2D eigenvalue weighted by molar-refractivity contribution is 0.577. The second-order valence-corrected chi connectivity index (χ2v) is 5.01. The highest BCUT2D eigenvalue weighted by Crippen LogP contribution is 2.26. The predicted octanol–water partition coefficient (Wildman–Crippen LogP) is 3.23. The summed E-state index contributed by atoms with van der Waals surface area (Å²) in [5.41, 5.74) is 2.15. The van der Waals surface area contributed by atoms with Gasteiger partial charge >= 0.3 is 0 Å². The van der Waals surface area contributed by atoms with Crippen LogP contribution >= 0.6 is 23.2 Å². The number of hydrogen-bond acceptors (Lipinski definition) is 2. The van der Waals surface area contributed by atoms with E-state index in [4.69, 9.17) is 23.2 Å². The predicted molar refractivity (Wildman–Crippen MR) is 75.2 cm³/mol. The summed E-state index contributed by atoms with van der Waals surface area (Å²) in [6.45, 7) is 0. The number of hydrogen-bond donors (Lipinski definition) is 1. The van der Waals surface area contributed by atoms with E-state index in [0.717, 1.165) is 17.7 Å². The third kappa shape index (κ3) is 3.05. The normalized spacial score (nSPS) is 12.7. The maximum Gasteiger partial charge on any atom is 0.0643 e. The topological polar surface area (TPSA) is 29.9 Å². The van der Waals surface area contributed by atoms with Crippen molar-refractivity contribution >= 4 is 23.2 Å². The average molecular weight is 284 g/mol. The van der Waals surface area contributed by atoms with Gasteiger partial charge in [-0.15, -0.1) is 0 Å². The summed E-state index contributed by atoms with van der Waals surface area (Å²) >= 11 is 12.0. The number of likely N-dealkylation sites (N-methyl/N-ethyl adjacent to an activating group) is 1. The maximum absolute atomic E-state index is 6.04. The number of rotatable bonds is 4. The van der Waals surface area contributed by atoms with E-state index >= 15 is 0 Å². The molecule has 1 heterocycles. The highest BCUT2D eigenvalue weighted by atomic mass is 35.5. The van der Waals surface area contributed by atoms with Crippen LogP contribution in [0, 0.1) is 0 Å². The van der Waals surface area contributed by atoms with E-state index in [-0.39, 0.29) is 6.04 Å². The molecule has 3 nitrogen and oxygen atoms in total. The van der Waals surface area contributed by atoms with Gasteiger partial charge in [-0.3, -0.25) is 4.68 Å². The minimum absolute atomic E-state index is 0.176. The molecule has 1 atom stereocenters. The first-order chi connectivity index (χ1) is 8.60. The standard InChI is InChI=1S/C13H15Cl2N3/c1-16-13(8-10-5-6-18(2)17-10)9-3-4-11(14)12(15)7-9/h3-7,13,16H,8H2,1-2H3. The van der Waals surface area contributed by atoms with E-state index in [1.807, 2.05) is 44.6 Å². The van der Waals surface area contributed by atoms with E-state index in [1.165, 1.54) is 0 Å². The number of nitrogens with one attached hydrogen (secondary N) is 1. The van der Waals surface area contributed by atoms with E-state index in [0.29, 0.717) is 10.0 Å². The second-order valence-electron chi connectivity index (χ2n) is 4.20. The SMILES string of the molecule is CNC(Cc1ccn(C)n1)c1ccc(Cl)c(Cl)c1. The Bertz CT molecular complexity index is 537. The van der Waals surface area contributed by atoms with E-state index in [1.54, 1.807) is 4.68 Å². The Morgan fingerprint density at radius 3 is 2.61 bits per heavy atom. The molecule has 2 rings (SSSR count). The van der Waals surface area contributed by atoms with Gasteiger partial charge in [0.2, 0.25) is 0 Å². The van der Waals surface area contributed by atoms with E-state index in [9.17, 15) is 0 Å². The largest absolute Gasteiger partial charge is 0.313 e. The molecule has 1 aromatic carbocycles. The van der Waals surface area contributed by atoms with Gasteiger partial charge in [0.1, 0.15) is 0 Å². The van der Waals surface area contributed by atoms with Crippen LogP contribution in [0.3, 0.4) is 0 Å². The first-order valence-electron chi connectivity index (χ1n) is 5.71. The van der Waals surface area contributed by atoms with Gasteiger partial charge in [0.05, 0.1) is 15.7 Å². The molecule has 18 heavy (non-hydrogen) atoms. The quantitative estimate of drug-likeness (QED) is 0.934. The fourth-order valence-corrected chi connectivity index (χ4v) is 2.20. The van der Waals surface area contributed by atoms with Crippen LogP contribution in [0.15, 0.2) is 30.5 Å². The minimum Gasteiger partial charge on any atom is -0.313 e. The fraction of sp³-hybridized carbons (Fsp3) is 0.308. The molecular formula is C13H15Cl2N3. The summed E-state index contributed by atoms with van der Waals surface area (Å²) in [6.07, 6.45) is 2.76. The molecule has 1 N–H and O–H groups in total. The molecule has 1 aromatic heterocycles. The summed E-state index contributed by atoms with van der Waals surface area (Å²) in [4.78, 5) is 0. The fourth-order valence-electron chi connectivity index (χ4n) is 1.90. The third-order valence-electron chi connectivity index (χ3n) is 2.88. The van der Waals surface area contributed by atoms with Crippen LogP contribution in [0.4, 0.5) is 0 Å². The van der Waals surface area contributed by atoms with Crippen molar-refractivity contribution in [2.45, 2.75) is 12.5 Å². The molecule has 96 valence electrons. The molecule has 2 aromatic rings. The lowest BCUT2D eigenvalue weighted by Gasteiger charge is -2.16. The molecule has 0 radical (unpaired) electrons. The van der Waals surface area contributed by atoms with Crippen LogP contribution in [0.5, 0.6) is 0 Å². The summed E-state index contributed by atoms with van der Waals surface area (Å²) in [6, 6.07) is 7.89.